The van der Waals surface area contributed by atoms with Crippen LogP contribution in [0.25, 0.3) is 0 Å². The van der Waals surface area contributed by atoms with Gasteiger partial charge in [0.1, 0.15) is 11.6 Å². The normalized spacial score (nSPS) is 21.1. The Morgan fingerprint density at radius 1 is 1.19 bits per heavy atom. The molecule has 0 radical (unpaired) electrons. The van der Waals surface area contributed by atoms with Crippen molar-refractivity contribution in [2.24, 2.45) is 11.8 Å². The molecule has 168 valence electrons. The topological polar surface area (TPSA) is 55.7 Å². The fourth-order valence-electron chi connectivity index (χ4n) is 4.73. The molecule has 2 aliphatic rings. The predicted octanol–water partition coefficient (Wildman–Crippen LogP) is 4.12. The van der Waals surface area contributed by atoms with Crippen molar-refractivity contribution < 1.29 is 5.11 Å². The van der Waals surface area contributed by atoms with Crippen LogP contribution in [0.4, 0.5) is 11.6 Å². The van der Waals surface area contributed by atoms with Gasteiger partial charge in [-0.25, -0.2) is 4.98 Å². The number of aliphatic hydroxyl groups excluding tert-OH is 1. The molecule has 3 heterocycles. The van der Waals surface area contributed by atoms with E-state index in [1.54, 1.807) is 12.3 Å². The summed E-state index contributed by atoms with van der Waals surface area (Å²) in [7, 11) is 2.01. The molecule has 0 saturated carbocycles. The SMILES string of the molecule is CC(c1ccc(Cl)cc1Cl)N(C)c1cncc(N2CC([C@H]3CCCN(CCO)C3)C2)n1. The first-order chi connectivity index (χ1) is 15.0. The Bertz CT molecular complexity index is 890. The number of halogens is 2. The summed E-state index contributed by atoms with van der Waals surface area (Å²) < 4.78 is 0. The second-order valence-electron chi connectivity index (χ2n) is 8.78. The van der Waals surface area contributed by atoms with Crippen molar-refractivity contribution in [3.63, 3.8) is 0 Å². The second-order valence-corrected chi connectivity index (χ2v) is 9.62. The fraction of sp³-hybridized carbons (Fsp3) is 0.565. The van der Waals surface area contributed by atoms with Crippen molar-refractivity contribution in [1.82, 2.24) is 14.9 Å². The van der Waals surface area contributed by atoms with Crippen molar-refractivity contribution in [2.45, 2.75) is 25.8 Å². The Morgan fingerprint density at radius 3 is 2.74 bits per heavy atom. The maximum atomic E-state index is 9.23. The van der Waals surface area contributed by atoms with Gasteiger partial charge in [0.25, 0.3) is 0 Å². The van der Waals surface area contributed by atoms with E-state index in [1.807, 2.05) is 25.4 Å². The number of β-amino-alcohol motifs (C(OH)–C–C–N with tert-alkyl or cyclic N) is 1. The highest BCUT2D eigenvalue weighted by molar-refractivity contribution is 6.35. The third-order valence-electron chi connectivity index (χ3n) is 6.82. The number of aromatic nitrogens is 2. The van der Waals surface area contributed by atoms with Gasteiger partial charge in [-0.1, -0.05) is 29.3 Å². The van der Waals surface area contributed by atoms with Crippen LogP contribution < -0.4 is 9.80 Å². The number of aliphatic hydroxyl groups is 1. The molecule has 31 heavy (non-hydrogen) atoms. The lowest BCUT2D eigenvalue weighted by molar-refractivity contribution is 0.101. The molecule has 0 aliphatic carbocycles. The van der Waals surface area contributed by atoms with E-state index in [1.165, 1.54) is 12.8 Å². The molecule has 1 unspecified atom stereocenters. The van der Waals surface area contributed by atoms with Crippen LogP contribution in [0.1, 0.15) is 31.4 Å². The summed E-state index contributed by atoms with van der Waals surface area (Å²) in [6, 6.07) is 5.64. The minimum atomic E-state index is 0.0400. The van der Waals surface area contributed by atoms with Crippen molar-refractivity contribution in [1.29, 1.82) is 0 Å². The number of piperidine rings is 1. The number of benzene rings is 1. The third-order valence-corrected chi connectivity index (χ3v) is 7.39. The van der Waals surface area contributed by atoms with Crippen LogP contribution in [0.5, 0.6) is 0 Å². The van der Waals surface area contributed by atoms with E-state index in [4.69, 9.17) is 28.2 Å². The lowest BCUT2D eigenvalue weighted by atomic mass is 9.80. The Hall–Kier alpha value is -1.60. The molecule has 8 heteroatoms. The molecule has 0 spiro atoms. The van der Waals surface area contributed by atoms with Gasteiger partial charge in [0, 0.05) is 43.3 Å². The zero-order valence-corrected chi connectivity index (χ0v) is 19.7. The fourth-order valence-corrected chi connectivity index (χ4v) is 5.30. The number of hydrogen-bond donors (Lipinski definition) is 1. The Balaban J connectivity index is 1.39. The van der Waals surface area contributed by atoms with Gasteiger partial charge in [-0.15, -0.1) is 0 Å². The average Bonchev–Trinajstić information content (AvgIpc) is 2.72. The summed E-state index contributed by atoms with van der Waals surface area (Å²) in [5.41, 5.74) is 1.01. The minimum absolute atomic E-state index is 0.0400. The standard InChI is InChI=1S/C23H31Cl2N5O/c1-16(20-6-5-19(24)10-21(20)25)28(2)22-11-26-12-23(27-22)30-14-18(15-30)17-4-3-7-29(13-17)8-9-31/h5-6,10-12,16-18,31H,3-4,7-9,13-15H2,1-2H3/t16?,17-/m0/s1. The van der Waals surface area contributed by atoms with E-state index >= 15 is 0 Å². The van der Waals surface area contributed by atoms with Crippen molar-refractivity contribution >= 4 is 34.8 Å². The van der Waals surface area contributed by atoms with E-state index in [9.17, 15) is 5.11 Å². The number of anilines is 2. The predicted molar refractivity (Wildman–Crippen MR) is 127 cm³/mol. The highest BCUT2D eigenvalue weighted by Gasteiger charge is 2.36. The lowest BCUT2D eigenvalue weighted by Crippen LogP contribution is -2.54. The average molecular weight is 464 g/mol. The molecule has 2 aliphatic heterocycles. The lowest BCUT2D eigenvalue weighted by Gasteiger charge is -2.47. The number of likely N-dealkylation sites (tertiary alicyclic amines) is 1. The van der Waals surface area contributed by atoms with Gasteiger partial charge in [-0.3, -0.25) is 4.98 Å². The quantitative estimate of drug-likeness (QED) is 0.666. The van der Waals surface area contributed by atoms with Crippen LogP contribution in [0.3, 0.4) is 0 Å². The van der Waals surface area contributed by atoms with Gasteiger partial charge in [0.15, 0.2) is 0 Å². The molecular weight excluding hydrogens is 433 g/mol. The molecule has 6 nitrogen and oxygen atoms in total. The van der Waals surface area contributed by atoms with Gasteiger partial charge in [-0.05, 0) is 55.8 Å². The zero-order chi connectivity index (χ0) is 22.0. The van der Waals surface area contributed by atoms with Gasteiger partial charge < -0.3 is 19.8 Å². The van der Waals surface area contributed by atoms with Crippen LogP contribution >= 0.6 is 23.2 Å². The highest BCUT2D eigenvalue weighted by Crippen LogP contribution is 2.35. The molecule has 1 aromatic carbocycles. The van der Waals surface area contributed by atoms with Crippen molar-refractivity contribution in [2.75, 3.05) is 56.2 Å². The molecule has 0 amide bonds. The van der Waals surface area contributed by atoms with Gasteiger partial charge in [-0.2, -0.15) is 0 Å². The van der Waals surface area contributed by atoms with Crippen LogP contribution in [-0.4, -0.2) is 66.4 Å². The first kappa shape index (κ1) is 22.6. The Kier molecular flexibility index (Phi) is 7.22. The van der Waals surface area contributed by atoms with Gasteiger partial charge >= 0.3 is 0 Å². The minimum Gasteiger partial charge on any atom is -0.395 e. The third kappa shape index (κ3) is 5.08. The van der Waals surface area contributed by atoms with Crippen LogP contribution in [0.15, 0.2) is 30.6 Å². The highest BCUT2D eigenvalue weighted by atomic mass is 35.5. The van der Waals surface area contributed by atoms with E-state index in [0.29, 0.717) is 21.9 Å². The molecular formula is C23H31Cl2N5O. The molecule has 2 aromatic rings. The van der Waals surface area contributed by atoms with Gasteiger partial charge in [0.05, 0.1) is 25.0 Å². The summed E-state index contributed by atoms with van der Waals surface area (Å²) in [6.45, 7) is 7.41. The smallest absolute Gasteiger partial charge is 0.149 e. The molecule has 2 atom stereocenters. The number of hydrogen-bond acceptors (Lipinski definition) is 6. The largest absolute Gasteiger partial charge is 0.395 e. The van der Waals surface area contributed by atoms with E-state index < -0.39 is 0 Å². The van der Waals surface area contributed by atoms with Crippen molar-refractivity contribution in [3.05, 3.63) is 46.2 Å². The molecule has 2 saturated heterocycles. The van der Waals surface area contributed by atoms with Gasteiger partial charge in [0.2, 0.25) is 0 Å². The first-order valence-electron chi connectivity index (χ1n) is 11.0. The summed E-state index contributed by atoms with van der Waals surface area (Å²) in [5, 5.41) is 10.5. The number of rotatable bonds is 7. The monoisotopic (exact) mass is 463 g/mol. The van der Waals surface area contributed by atoms with Crippen molar-refractivity contribution in [3.8, 4) is 0 Å². The second kappa shape index (κ2) is 9.90. The van der Waals surface area contributed by atoms with E-state index in [-0.39, 0.29) is 12.6 Å². The molecule has 2 fully saturated rings. The molecule has 1 aromatic heterocycles. The Morgan fingerprint density at radius 2 is 2.00 bits per heavy atom. The molecule has 1 N–H and O–H groups in total. The zero-order valence-electron chi connectivity index (χ0n) is 18.2. The van der Waals surface area contributed by atoms with E-state index in [0.717, 1.165) is 49.9 Å². The molecule has 4 rings (SSSR count). The molecule has 0 bridgehead atoms. The van der Waals surface area contributed by atoms with Crippen LogP contribution in [0, 0.1) is 11.8 Å². The van der Waals surface area contributed by atoms with Crippen LogP contribution in [-0.2, 0) is 0 Å². The first-order valence-corrected chi connectivity index (χ1v) is 11.8. The summed E-state index contributed by atoms with van der Waals surface area (Å²) >= 11 is 12.5. The summed E-state index contributed by atoms with van der Waals surface area (Å²) in [5.74, 6) is 3.16. The number of nitrogens with zero attached hydrogens (tertiary/aromatic N) is 5. The van der Waals surface area contributed by atoms with E-state index in [2.05, 4.69) is 26.6 Å². The van der Waals surface area contributed by atoms with Crippen LogP contribution in [0.2, 0.25) is 10.0 Å². The Labute approximate surface area is 194 Å². The summed E-state index contributed by atoms with van der Waals surface area (Å²) in [4.78, 5) is 16.2. The maximum Gasteiger partial charge on any atom is 0.149 e. The maximum absolute atomic E-state index is 9.23. The summed E-state index contributed by atoms with van der Waals surface area (Å²) in [6.07, 6.45) is 6.17.